The predicted octanol–water partition coefficient (Wildman–Crippen LogP) is 4.05. The molecule has 0 aromatic carbocycles. The summed E-state index contributed by atoms with van der Waals surface area (Å²) in [5, 5.41) is 5.81. The van der Waals surface area contributed by atoms with Crippen molar-refractivity contribution in [2.75, 3.05) is 0 Å². The highest BCUT2D eigenvalue weighted by molar-refractivity contribution is 7.10. The first-order valence-electron chi connectivity index (χ1n) is 9.46. The van der Waals surface area contributed by atoms with Crippen LogP contribution in [0.25, 0.3) is 11.4 Å². The molecule has 2 aromatic rings. The third-order valence-corrected chi connectivity index (χ3v) is 6.99. The SMILES string of the molecule is CC1(C)CCCC1NCc1cc(=O)[nH]c(-c2csc3c2CCCC3)n1. The lowest BCUT2D eigenvalue weighted by atomic mass is 9.87. The van der Waals surface area contributed by atoms with E-state index >= 15 is 0 Å². The molecular weight excluding hydrogens is 330 g/mol. The number of nitrogens with zero attached hydrogens (tertiary/aromatic N) is 1. The van der Waals surface area contributed by atoms with Crippen LogP contribution in [0.5, 0.6) is 0 Å². The number of fused-ring (bicyclic) bond motifs is 1. The molecule has 1 atom stereocenters. The zero-order valence-corrected chi connectivity index (χ0v) is 16.0. The smallest absolute Gasteiger partial charge is 0.251 e. The van der Waals surface area contributed by atoms with Crippen LogP contribution < -0.4 is 10.9 Å². The number of aryl methyl sites for hydroxylation is 1. The first kappa shape index (κ1) is 17.0. The highest BCUT2D eigenvalue weighted by Crippen LogP contribution is 2.37. The van der Waals surface area contributed by atoms with Gasteiger partial charge in [-0.05, 0) is 49.5 Å². The molecule has 2 N–H and O–H groups in total. The minimum absolute atomic E-state index is 0.0526. The molecule has 0 aliphatic heterocycles. The van der Waals surface area contributed by atoms with E-state index in [4.69, 9.17) is 4.98 Å². The Morgan fingerprint density at radius 2 is 2.16 bits per heavy atom. The summed E-state index contributed by atoms with van der Waals surface area (Å²) in [5.74, 6) is 0.745. The lowest BCUT2D eigenvalue weighted by molar-refractivity contribution is 0.282. The van der Waals surface area contributed by atoms with Crippen LogP contribution in [-0.4, -0.2) is 16.0 Å². The summed E-state index contributed by atoms with van der Waals surface area (Å²) in [6.07, 6.45) is 8.54. The summed E-state index contributed by atoms with van der Waals surface area (Å²) < 4.78 is 0. The average molecular weight is 358 g/mol. The summed E-state index contributed by atoms with van der Waals surface area (Å²) in [6.45, 7) is 5.31. The van der Waals surface area contributed by atoms with Gasteiger partial charge in [0.1, 0.15) is 5.82 Å². The maximum atomic E-state index is 12.2. The summed E-state index contributed by atoms with van der Waals surface area (Å²) in [5.41, 5.74) is 3.66. The van der Waals surface area contributed by atoms with Crippen LogP contribution in [0.2, 0.25) is 0 Å². The summed E-state index contributed by atoms with van der Waals surface area (Å²) >= 11 is 1.81. The van der Waals surface area contributed by atoms with Gasteiger partial charge < -0.3 is 10.3 Å². The van der Waals surface area contributed by atoms with Crippen molar-refractivity contribution in [1.29, 1.82) is 0 Å². The van der Waals surface area contributed by atoms with Gasteiger partial charge in [0.05, 0.1) is 5.69 Å². The molecule has 4 nitrogen and oxygen atoms in total. The first-order chi connectivity index (χ1) is 12.0. The van der Waals surface area contributed by atoms with Crippen molar-refractivity contribution in [3.63, 3.8) is 0 Å². The van der Waals surface area contributed by atoms with Crippen molar-refractivity contribution in [1.82, 2.24) is 15.3 Å². The van der Waals surface area contributed by atoms with Gasteiger partial charge in [-0.3, -0.25) is 4.79 Å². The summed E-state index contributed by atoms with van der Waals surface area (Å²) in [7, 11) is 0. The zero-order chi connectivity index (χ0) is 17.4. The molecule has 2 aromatic heterocycles. The van der Waals surface area contributed by atoms with E-state index in [0.29, 0.717) is 18.0 Å². The van der Waals surface area contributed by atoms with Gasteiger partial charge in [-0.2, -0.15) is 0 Å². The molecular formula is C20H27N3OS. The number of nitrogens with one attached hydrogen (secondary N) is 2. The third-order valence-electron chi connectivity index (χ3n) is 5.90. The van der Waals surface area contributed by atoms with E-state index < -0.39 is 0 Å². The van der Waals surface area contributed by atoms with Gasteiger partial charge in [-0.15, -0.1) is 11.3 Å². The fraction of sp³-hybridized carbons (Fsp3) is 0.600. The van der Waals surface area contributed by atoms with Crippen molar-refractivity contribution in [2.45, 2.75) is 71.4 Å². The molecule has 0 bridgehead atoms. The Balaban J connectivity index is 1.57. The Kier molecular flexibility index (Phi) is 4.54. The molecule has 0 radical (unpaired) electrons. The molecule has 2 aliphatic carbocycles. The molecule has 2 aliphatic rings. The second-order valence-electron chi connectivity index (χ2n) is 8.16. The molecule has 25 heavy (non-hydrogen) atoms. The van der Waals surface area contributed by atoms with E-state index in [0.717, 1.165) is 23.5 Å². The van der Waals surface area contributed by atoms with Crippen LogP contribution in [-0.2, 0) is 19.4 Å². The highest BCUT2D eigenvalue weighted by atomic mass is 32.1. The second kappa shape index (κ2) is 6.69. The van der Waals surface area contributed by atoms with E-state index in [2.05, 4.69) is 29.5 Å². The van der Waals surface area contributed by atoms with Gasteiger partial charge in [-0.1, -0.05) is 20.3 Å². The second-order valence-corrected chi connectivity index (χ2v) is 9.12. The van der Waals surface area contributed by atoms with Crippen LogP contribution in [0.3, 0.4) is 0 Å². The Morgan fingerprint density at radius 1 is 1.32 bits per heavy atom. The molecule has 4 rings (SSSR count). The number of rotatable bonds is 4. The van der Waals surface area contributed by atoms with Gasteiger partial charge in [0.25, 0.3) is 5.56 Å². The van der Waals surface area contributed by atoms with Crippen LogP contribution in [0.1, 0.15) is 62.1 Å². The predicted molar refractivity (Wildman–Crippen MR) is 103 cm³/mol. The average Bonchev–Trinajstić information content (AvgIpc) is 3.15. The molecule has 5 heteroatoms. The number of aromatic amines is 1. The topological polar surface area (TPSA) is 57.8 Å². The van der Waals surface area contributed by atoms with Crippen molar-refractivity contribution >= 4 is 11.3 Å². The van der Waals surface area contributed by atoms with Gasteiger partial charge in [0.2, 0.25) is 0 Å². The fourth-order valence-electron chi connectivity index (χ4n) is 4.35. The number of hydrogen-bond acceptors (Lipinski definition) is 4. The number of hydrogen-bond donors (Lipinski definition) is 2. The Labute approximate surface area is 153 Å². The van der Waals surface area contributed by atoms with Gasteiger partial charge in [-0.25, -0.2) is 4.98 Å². The van der Waals surface area contributed by atoms with Crippen LogP contribution >= 0.6 is 11.3 Å². The van der Waals surface area contributed by atoms with Crippen molar-refractivity contribution in [3.05, 3.63) is 37.9 Å². The Morgan fingerprint density at radius 3 is 2.96 bits per heavy atom. The van der Waals surface area contributed by atoms with E-state index in [1.807, 2.05) is 11.3 Å². The summed E-state index contributed by atoms with van der Waals surface area (Å²) in [6, 6.07) is 2.14. The minimum Gasteiger partial charge on any atom is -0.308 e. The minimum atomic E-state index is -0.0526. The van der Waals surface area contributed by atoms with Crippen LogP contribution in [0.15, 0.2) is 16.2 Å². The van der Waals surface area contributed by atoms with Gasteiger partial charge >= 0.3 is 0 Å². The highest BCUT2D eigenvalue weighted by Gasteiger charge is 2.33. The first-order valence-corrected chi connectivity index (χ1v) is 10.3. The number of H-pyrrole nitrogens is 1. The van der Waals surface area contributed by atoms with Crippen molar-refractivity contribution in [3.8, 4) is 11.4 Å². The van der Waals surface area contributed by atoms with E-state index in [1.54, 1.807) is 6.07 Å². The molecule has 0 saturated heterocycles. The quantitative estimate of drug-likeness (QED) is 0.868. The van der Waals surface area contributed by atoms with Crippen molar-refractivity contribution < 1.29 is 0 Å². The molecule has 1 saturated carbocycles. The van der Waals surface area contributed by atoms with E-state index in [-0.39, 0.29) is 5.56 Å². The standard InChI is InChI=1S/C20H27N3OS/c1-20(2)9-5-8-17(20)21-11-13-10-18(24)23-19(22-13)15-12-25-16-7-4-3-6-14(15)16/h10,12,17,21H,3-9,11H2,1-2H3,(H,22,23,24). The Bertz CT molecular complexity index is 821. The maximum Gasteiger partial charge on any atom is 0.251 e. The molecule has 0 amide bonds. The third kappa shape index (κ3) is 3.44. The molecule has 1 unspecified atom stereocenters. The van der Waals surface area contributed by atoms with E-state index in [9.17, 15) is 4.79 Å². The van der Waals surface area contributed by atoms with Crippen molar-refractivity contribution in [2.24, 2.45) is 5.41 Å². The molecule has 1 fully saturated rings. The molecule has 134 valence electrons. The zero-order valence-electron chi connectivity index (χ0n) is 15.2. The normalized spacial score (nSPS) is 22.1. The van der Waals surface area contributed by atoms with Gasteiger partial charge in [0, 0.05) is 34.5 Å². The number of aromatic nitrogens is 2. The fourth-order valence-corrected chi connectivity index (χ4v) is 5.48. The van der Waals surface area contributed by atoms with Crippen LogP contribution in [0, 0.1) is 5.41 Å². The van der Waals surface area contributed by atoms with Crippen LogP contribution in [0.4, 0.5) is 0 Å². The molecule has 0 spiro atoms. The van der Waals surface area contributed by atoms with E-state index in [1.165, 1.54) is 49.0 Å². The Hall–Kier alpha value is -1.46. The summed E-state index contributed by atoms with van der Waals surface area (Å²) in [4.78, 5) is 21.4. The lowest BCUT2D eigenvalue weighted by Crippen LogP contribution is -2.37. The largest absolute Gasteiger partial charge is 0.308 e. The van der Waals surface area contributed by atoms with Gasteiger partial charge in [0.15, 0.2) is 0 Å². The monoisotopic (exact) mass is 357 g/mol. The molecule has 2 heterocycles. The maximum absolute atomic E-state index is 12.2. The number of thiophene rings is 1. The lowest BCUT2D eigenvalue weighted by Gasteiger charge is -2.27.